The summed E-state index contributed by atoms with van der Waals surface area (Å²) in [5.41, 5.74) is 2.06. The van der Waals surface area contributed by atoms with E-state index in [-0.39, 0.29) is 11.8 Å². The Morgan fingerprint density at radius 2 is 1.39 bits per heavy atom. The zero-order valence-electron chi connectivity index (χ0n) is 15.0. The van der Waals surface area contributed by atoms with E-state index in [0.29, 0.717) is 15.6 Å². The largest absolute Gasteiger partial charge is 0.472 e. The van der Waals surface area contributed by atoms with Gasteiger partial charge in [0.1, 0.15) is 12.3 Å². The number of amides is 2. The predicted molar refractivity (Wildman–Crippen MR) is 109 cm³/mol. The first-order valence-corrected chi connectivity index (χ1v) is 9.34. The zero-order valence-corrected chi connectivity index (χ0v) is 16.5. The van der Waals surface area contributed by atoms with Crippen LogP contribution in [0.5, 0.6) is 0 Å². The molecule has 144 valence electrons. The molecule has 0 aliphatic rings. The molecule has 7 heteroatoms. The summed E-state index contributed by atoms with van der Waals surface area (Å²) in [5, 5.41) is 6.84. The van der Waals surface area contributed by atoms with Gasteiger partial charge in [0.2, 0.25) is 5.91 Å². The lowest BCUT2D eigenvalue weighted by molar-refractivity contribution is -0.123. The Hall–Kier alpha value is -2.76. The molecule has 0 spiro atoms. The molecule has 3 aromatic rings. The summed E-state index contributed by atoms with van der Waals surface area (Å²) in [6.07, 6.45) is 2.72. The molecule has 0 saturated carbocycles. The summed E-state index contributed by atoms with van der Waals surface area (Å²) in [5.74, 6) is -0.710. The second-order valence-electron chi connectivity index (χ2n) is 6.25. The smallest absolute Gasteiger partial charge is 0.255 e. The van der Waals surface area contributed by atoms with Gasteiger partial charge in [-0.25, -0.2) is 0 Å². The lowest BCUT2D eigenvalue weighted by Gasteiger charge is -2.22. The van der Waals surface area contributed by atoms with E-state index in [1.54, 1.807) is 31.2 Å². The Bertz CT molecular complexity index is 893. The van der Waals surface area contributed by atoms with E-state index >= 15 is 0 Å². The molecule has 0 aliphatic heterocycles. The Kier molecular flexibility index (Phi) is 6.39. The molecule has 2 N–H and O–H groups in total. The van der Waals surface area contributed by atoms with Crippen molar-refractivity contribution in [1.29, 1.82) is 0 Å². The summed E-state index contributed by atoms with van der Waals surface area (Å²) in [7, 11) is 0. The van der Waals surface area contributed by atoms with Crippen molar-refractivity contribution in [3.05, 3.63) is 93.9 Å². The second kappa shape index (κ2) is 8.95. The van der Waals surface area contributed by atoms with Gasteiger partial charge in [0, 0.05) is 10.0 Å². The Labute approximate surface area is 172 Å². The highest BCUT2D eigenvalue weighted by Gasteiger charge is 2.22. The fourth-order valence-corrected chi connectivity index (χ4v) is 2.93. The SMILES string of the molecule is C[C@@H](NC(=O)c1ccoc1)C(=O)NC(c1ccc(Cl)cc1)c1ccc(Cl)cc1. The van der Waals surface area contributed by atoms with Gasteiger partial charge < -0.3 is 15.1 Å². The van der Waals surface area contributed by atoms with E-state index in [1.165, 1.54) is 18.6 Å². The summed E-state index contributed by atoms with van der Waals surface area (Å²) in [6, 6.07) is 14.8. The van der Waals surface area contributed by atoms with Gasteiger partial charge in [0.25, 0.3) is 5.91 Å². The van der Waals surface area contributed by atoms with Crippen molar-refractivity contribution in [3.8, 4) is 0 Å². The van der Waals surface area contributed by atoms with Gasteiger partial charge in [-0.05, 0) is 48.4 Å². The van der Waals surface area contributed by atoms with Gasteiger partial charge in [0.05, 0.1) is 17.9 Å². The minimum absolute atomic E-state index is 0.327. The van der Waals surface area contributed by atoms with Crippen LogP contribution in [0.2, 0.25) is 10.0 Å². The second-order valence-corrected chi connectivity index (χ2v) is 7.12. The molecule has 1 aromatic heterocycles. The van der Waals surface area contributed by atoms with Gasteiger partial charge in [0.15, 0.2) is 0 Å². The van der Waals surface area contributed by atoms with E-state index in [2.05, 4.69) is 10.6 Å². The molecule has 3 rings (SSSR count). The van der Waals surface area contributed by atoms with Crippen LogP contribution in [0.15, 0.2) is 71.5 Å². The average molecular weight is 417 g/mol. The van der Waals surface area contributed by atoms with Crippen molar-refractivity contribution in [1.82, 2.24) is 10.6 Å². The number of carbonyl (C=O) groups excluding carboxylic acids is 2. The fourth-order valence-electron chi connectivity index (χ4n) is 2.68. The summed E-state index contributed by atoms with van der Waals surface area (Å²) < 4.78 is 4.89. The van der Waals surface area contributed by atoms with Crippen LogP contribution >= 0.6 is 23.2 Å². The number of furan rings is 1. The van der Waals surface area contributed by atoms with E-state index in [1.807, 2.05) is 24.3 Å². The minimum atomic E-state index is -0.746. The number of hydrogen-bond donors (Lipinski definition) is 2. The van der Waals surface area contributed by atoms with Gasteiger partial charge in [-0.15, -0.1) is 0 Å². The van der Waals surface area contributed by atoms with Crippen molar-refractivity contribution in [2.45, 2.75) is 19.0 Å². The lowest BCUT2D eigenvalue weighted by atomic mass is 9.98. The van der Waals surface area contributed by atoms with Crippen molar-refractivity contribution in [3.63, 3.8) is 0 Å². The maximum Gasteiger partial charge on any atom is 0.255 e. The number of nitrogens with one attached hydrogen (secondary N) is 2. The molecule has 1 atom stereocenters. The van der Waals surface area contributed by atoms with Crippen LogP contribution in [0, 0.1) is 0 Å². The molecule has 0 aliphatic carbocycles. The fraction of sp³-hybridized carbons (Fsp3) is 0.143. The van der Waals surface area contributed by atoms with Crippen LogP contribution in [-0.2, 0) is 4.79 Å². The van der Waals surface area contributed by atoms with E-state index < -0.39 is 12.1 Å². The maximum atomic E-state index is 12.7. The molecule has 1 heterocycles. The van der Waals surface area contributed by atoms with Gasteiger partial charge in [-0.1, -0.05) is 47.5 Å². The highest BCUT2D eigenvalue weighted by molar-refractivity contribution is 6.30. The third-order valence-electron chi connectivity index (χ3n) is 4.22. The quantitative estimate of drug-likeness (QED) is 0.615. The van der Waals surface area contributed by atoms with Crippen molar-refractivity contribution < 1.29 is 14.0 Å². The van der Waals surface area contributed by atoms with Crippen molar-refractivity contribution >= 4 is 35.0 Å². The van der Waals surface area contributed by atoms with E-state index in [0.717, 1.165) is 11.1 Å². The average Bonchev–Trinajstić information content (AvgIpc) is 3.22. The third kappa shape index (κ3) is 4.94. The molecule has 0 unspecified atom stereocenters. The van der Waals surface area contributed by atoms with Crippen LogP contribution in [0.4, 0.5) is 0 Å². The van der Waals surface area contributed by atoms with Gasteiger partial charge >= 0.3 is 0 Å². The first-order chi connectivity index (χ1) is 13.4. The normalized spacial score (nSPS) is 11.9. The third-order valence-corrected chi connectivity index (χ3v) is 4.72. The van der Waals surface area contributed by atoms with Crippen LogP contribution in [-0.4, -0.2) is 17.9 Å². The number of hydrogen-bond acceptors (Lipinski definition) is 3. The van der Waals surface area contributed by atoms with E-state index in [9.17, 15) is 9.59 Å². The molecular formula is C21H18Cl2N2O3. The molecule has 2 aromatic carbocycles. The molecule has 2 amide bonds. The molecule has 0 saturated heterocycles. The predicted octanol–water partition coefficient (Wildman–Crippen LogP) is 4.61. The standard InChI is InChI=1S/C21H18Cl2N2O3/c1-13(24-21(27)16-10-11-28-12-16)20(26)25-19(14-2-6-17(22)7-3-14)15-4-8-18(23)9-5-15/h2-13,19H,1H3,(H,24,27)(H,25,26)/t13-/m1/s1. The topological polar surface area (TPSA) is 71.3 Å². The number of rotatable bonds is 6. The Morgan fingerprint density at radius 3 is 1.86 bits per heavy atom. The Morgan fingerprint density at radius 1 is 0.857 bits per heavy atom. The highest BCUT2D eigenvalue weighted by Crippen LogP contribution is 2.25. The Balaban J connectivity index is 1.78. The molecule has 0 radical (unpaired) electrons. The number of benzene rings is 2. The first kappa shape index (κ1) is 20.0. The van der Waals surface area contributed by atoms with Gasteiger partial charge in [-0.3, -0.25) is 9.59 Å². The molecule has 28 heavy (non-hydrogen) atoms. The minimum Gasteiger partial charge on any atom is -0.472 e. The monoisotopic (exact) mass is 416 g/mol. The summed E-state index contributed by atoms with van der Waals surface area (Å²) in [4.78, 5) is 24.9. The molecule has 5 nitrogen and oxygen atoms in total. The number of halogens is 2. The molecule has 0 fully saturated rings. The highest BCUT2D eigenvalue weighted by atomic mass is 35.5. The first-order valence-electron chi connectivity index (χ1n) is 8.58. The molecule has 0 bridgehead atoms. The maximum absolute atomic E-state index is 12.7. The van der Waals surface area contributed by atoms with Crippen LogP contribution < -0.4 is 10.6 Å². The van der Waals surface area contributed by atoms with Crippen molar-refractivity contribution in [2.75, 3.05) is 0 Å². The number of carbonyl (C=O) groups is 2. The van der Waals surface area contributed by atoms with Crippen LogP contribution in [0.25, 0.3) is 0 Å². The van der Waals surface area contributed by atoms with Crippen LogP contribution in [0.1, 0.15) is 34.5 Å². The summed E-state index contributed by atoms with van der Waals surface area (Å²) in [6.45, 7) is 1.62. The zero-order chi connectivity index (χ0) is 20.1. The van der Waals surface area contributed by atoms with Crippen LogP contribution in [0.3, 0.4) is 0 Å². The van der Waals surface area contributed by atoms with E-state index in [4.69, 9.17) is 27.6 Å². The summed E-state index contributed by atoms with van der Waals surface area (Å²) >= 11 is 12.0. The van der Waals surface area contributed by atoms with Gasteiger partial charge in [-0.2, -0.15) is 0 Å². The molecular weight excluding hydrogens is 399 g/mol. The lowest BCUT2D eigenvalue weighted by Crippen LogP contribution is -2.46. The van der Waals surface area contributed by atoms with Crippen molar-refractivity contribution in [2.24, 2.45) is 0 Å².